The van der Waals surface area contributed by atoms with Gasteiger partial charge in [-0.25, -0.2) is 0 Å². The van der Waals surface area contributed by atoms with Gasteiger partial charge in [-0.05, 0) is 13.1 Å². The van der Waals surface area contributed by atoms with Crippen molar-refractivity contribution in [3.63, 3.8) is 0 Å². The fourth-order valence-corrected chi connectivity index (χ4v) is 1.61. The fraction of sp³-hybridized carbons (Fsp3) is 0.500. The molecule has 0 aromatic carbocycles. The van der Waals surface area contributed by atoms with Crippen molar-refractivity contribution >= 4 is 5.84 Å². The van der Waals surface area contributed by atoms with Crippen LogP contribution in [0.3, 0.4) is 0 Å². The molecule has 2 rings (SSSR count). The molecule has 1 aromatic rings. The van der Waals surface area contributed by atoms with Crippen molar-refractivity contribution in [1.29, 1.82) is 5.41 Å². The van der Waals surface area contributed by atoms with Crippen LogP contribution >= 0.6 is 0 Å². The standard InChI is InChI=1S/C10H15N3O/c1-12-3-5-13(6-4-12)10(11)9-2-7-14-8-9/h2,7-8,11H,3-6H2,1H3. The molecule has 4 heteroatoms. The number of likely N-dealkylation sites (N-methyl/N-ethyl adjacent to an activating group) is 1. The molecule has 0 aliphatic carbocycles. The summed E-state index contributed by atoms with van der Waals surface area (Å²) in [5, 5.41) is 7.95. The van der Waals surface area contributed by atoms with E-state index >= 15 is 0 Å². The molecule has 1 aromatic heterocycles. The van der Waals surface area contributed by atoms with E-state index in [0.717, 1.165) is 31.7 Å². The molecular weight excluding hydrogens is 178 g/mol. The molecule has 0 unspecified atom stereocenters. The zero-order chi connectivity index (χ0) is 9.97. The van der Waals surface area contributed by atoms with E-state index < -0.39 is 0 Å². The molecule has 1 fully saturated rings. The van der Waals surface area contributed by atoms with Gasteiger partial charge >= 0.3 is 0 Å². The first-order valence-electron chi connectivity index (χ1n) is 4.82. The van der Waals surface area contributed by atoms with E-state index in [2.05, 4.69) is 16.8 Å². The second-order valence-corrected chi connectivity index (χ2v) is 3.65. The lowest BCUT2D eigenvalue weighted by Gasteiger charge is -2.33. The largest absolute Gasteiger partial charge is 0.472 e. The van der Waals surface area contributed by atoms with Crippen molar-refractivity contribution in [2.45, 2.75) is 0 Å². The average molecular weight is 193 g/mol. The van der Waals surface area contributed by atoms with E-state index in [1.54, 1.807) is 12.5 Å². The van der Waals surface area contributed by atoms with Crippen molar-refractivity contribution in [1.82, 2.24) is 9.80 Å². The van der Waals surface area contributed by atoms with Crippen LogP contribution in [0, 0.1) is 5.41 Å². The Bertz CT molecular complexity index is 299. The summed E-state index contributed by atoms with van der Waals surface area (Å²) < 4.78 is 4.97. The normalized spacial score (nSPS) is 18.5. The molecule has 1 saturated heterocycles. The summed E-state index contributed by atoms with van der Waals surface area (Å²) >= 11 is 0. The second-order valence-electron chi connectivity index (χ2n) is 3.65. The number of hydrogen-bond donors (Lipinski definition) is 1. The summed E-state index contributed by atoms with van der Waals surface area (Å²) in [5.41, 5.74) is 0.870. The summed E-state index contributed by atoms with van der Waals surface area (Å²) in [6.07, 6.45) is 3.24. The molecule has 0 atom stereocenters. The molecule has 0 spiro atoms. The van der Waals surface area contributed by atoms with E-state index in [1.807, 2.05) is 6.07 Å². The molecule has 14 heavy (non-hydrogen) atoms. The van der Waals surface area contributed by atoms with Gasteiger partial charge in [-0.1, -0.05) is 0 Å². The van der Waals surface area contributed by atoms with Crippen LogP contribution in [0.15, 0.2) is 23.0 Å². The Kier molecular flexibility index (Phi) is 2.54. The second kappa shape index (κ2) is 3.84. The highest BCUT2D eigenvalue weighted by molar-refractivity contribution is 5.96. The molecule has 1 aliphatic rings. The van der Waals surface area contributed by atoms with Crippen LogP contribution in [0.1, 0.15) is 5.56 Å². The Labute approximate surface area is 83.6 Å². The van der Waals surface area contributed by atoms with Gasteiger partial charge in [-0.2, -0.15) is 0 Å². The number of hydrogen-bond acceptors (Lipinski definition) is 3. The molecule has 0 bridgehead atoms. The third-order valence-corrected chi connectivity index (χ3v) is 2.61. The van der Waals surface area contributed by atoms with Gasteiger partial charge in [-0.15, -0.1) is 0 Å². The molecular formula is C10H15N3O. The quantitative estimate of drug-likeness (QED) is 0.531. The number of amidine groups is 1. The van der Waals surface area contributed by atoms with Gasteiger partial charge in [-0.3, -0.25) is 5.41 Å². The Morgan fingerprint density at radius 1 is 1.36 bits per heavy atom. The number of nitrogens with zero attached hydrogens (tertiary/aromatic N) is 2. The van der Waals surface area contributed by atoms with Crippen molar-refractivity contribution in [2.75, 3.05) is 33.2 Å². The number of piperazine rings is 1. The Balaban J connectivity index is 1.99. The lowest BCUT2D eigenvalue weighted by atomic mass is 10.2. The summed E-state index contributed by atoms with van der Waals surface area (Å²) in [7, 11) is 2.11. The van der Waals surface area contributed by atoms with Crippen LogP contribution in [0.25, 0.3) is 0 Å². The van der Waals surface area contributed by atoms with Gasteiger partial charge in [0.05, 0.1) is 11.8 Å². The van der Waals surface area contributed by atoms with Gasteiger partial charge in [0.25, 0.3) is 0 Å². The minimum Gasteiger partial charge on any atom is -0.472 e. The first-order valence-corrected chi connectivity index (χ1v) is 4.82. The van der Waals surface area contributed by atoms with Gasteiger partial charge in [0.1, 0.15) is 12.1 Å². The van der Waals surface area contributed by atoms with E-state index in [9.17, 15) is 0 Å². The molecule has 0 saturated carbocycles. The average Bonchev–Trinajstić information content (AvgIpc) is 2.71. The van der Waals surface area contributed by atoms with Gasteiger partial charge < -0.3 is 14.2 Å². The summed E-state index contributed by atoms with van der Waals surface area (Å²) in [4.78, 5) is 4.37. The third kappa shape index (κ3) is 1.80. The maximum atomic E-state index is 7.95. The van der Waals surface area contributed by atoms with Crippen molar-refractivity contribution < 1.29 is 4.42 Å². The van der Waals surface area contributed by atoms with Gasteiger partial charge in [0.2, 0.25) is 0 Å². The predicted octanol–water partition coefficient (Wildman–Crippen LogP) is 0.852. The highest BCUT2D eigenvalue weighted by Gasteiger charge is 2.17. The maximum absolute atomic E-state index is 7.95. The van der Waals surface area contributed by atoms with E-state index in [1.165, 1.54) is 0 Å². The molecule has 4 nitrogen and oxygen atoms in total. The lowest BCUT2D eigenvalue weighted by Crippen LogP contribution is -2.47. The molecule has 0 radical (unpaired) electrons. The first kappa shape index (κ1) is 9.27. The monoisotopic (exact) mass is 193 g/mol. The van der Waals surface area contributed by atoms with E-state index in [-0.39, 0.29) is 0 Å². The van der Waals surface area contributed by atoms with E-state index in [4.69, 9.17) is 9.83 Å². The number of nitrogens with one attached hydrogen (secondary N) is 1. The van der Waals surface area contributed by atoms with Crippen LogP contribution in [0.4, 0.5) is 0 Å². The minimum absolute atomic E-state index is 0.576. The highest BCUT2D eigenvalue weighted by Crippen LogP contribution is 2.07. The molecule has 2 heterocycles. The van der Waals surface area contributed by atoms with Crippen molar-refractivity contribution in [3.8, 4) is 0 Å². The Morgan fingerprint density at radius 2 is 2.07 bits per heavy atom. The van der Waals surface area contributed by atoms with Crippen LogP contribution in [-0.4, -0.2) is 48.9 Å². The van der Waals surface area contributed by atoms with Crippen molar-refractivity contribution in [2.24, 2.45) is 0 Å². The molecule has 1 aliphatic heterocycles. The smallest absolute Gasteiger partial charge is 0.131 e. The molecule has 0 amide bonds. The van der Waals surface area contributed by atoms with Crippen molar-refractivity contribution in [3.05, 3.63) is 24.2 Å². The zero-order valence-electron chi connectivity index (χ0n) is 8.36. The lowest BCUT2D eigenvalue weighted by molar-refractivity contribution is 0.215. The molecule has 1 N–H and O–H groups in total. The maximum Gasteiger partial charge on any atom is 0.131 e. The Morgan fingerprint density at radius 3 is 2.64 bits per heavy atom. The summed E-state index contributed by atoms with van der Waals surface area (Å²) in [6, 6.07) is 1.83. The third-order valence-electron chi connectivity index (χ3n) is 2.61. The van der Waals surface area contributed by atoms with Crippen LogP contribution in [-0.2, 0) is 0 Å². The predicted molar refractivity (Wildman–Crippen MR) is 54.6 cm³/mol. The molecule has 76 valence electrons. The summed E-state index contributed by atoms with van der Waals surface area (Å²) in [6.45, 7) is 3.92. The minimum atomic E-state index is 0.576. The fourth-order valence-electron chi connectivity index (χ4n) is 1.61. The van der Waals surface area contributed by atoms with Gasteiger partial charge in [0, 0.05) is 26.2 Å². The van der Waals surface area contributed by atoms with Crippen LogP contribution in [0.2, 0.25) is 0 Å². The number of rotatable bonds is 1. The number of furan rings is 1. The Hall–Kier alpha value is -1.29. The topological polar surface area (TPSA) is 43.5 Å². The highest BCUT2D eigenvalue weighted by atomic mass is 16.3. The summed E-state index contributed by atoms with van der Waals surface area (Å²) in [5.74, 6) is 0.576. The van der Waals surface area contributed by atoms with Crippen LogP contribution in [0.5, 0.6) is 0 Å². The van der Waals surface area contributed by atoms with Gasteiger partial charge in [0.15, 0.2) is 0 Å². The van der Waals surface area contributed by atoms with Crippen LogP contribution < -0.4 is 0 Å². The first-order chi connectivity index (χ1) is 6.77. The SMILES string of the molecule is CN1CCN(C(=N)c2ccoc2)CC1. The zero-order valence-corrected chi connectivity index (χ0v) is 8.36. The van der Waals surface area contributed by atoms with E-state index in [0.29, 0.717) is 5.84 Å².